The molecule has 6 heteroatoms. The molecule has 0 saturated heterocycles. The fourth-order valence-corrected chi connectivity index (χ4v) is 1.98. The summed E-state index contributed by atoms with van der Waals surface area (Å²) in [5.41, 5.74) is 5.33. The highest BCUT2D eigenvalue weighted by atomic mass is 16.6. The van der Waals surface area contributed by atoms with Gasteiger partial charge in [0.25, 0.3) is 0 Å². The molecule has 0 spiro atoms. The van der Waals surface area contributed by atoms with E-state index in [0.29, 0.717) is 12.8 Å². The maximum absolute atomic E-state index is 11.7. The highest BCUT2D eigenvalue weighted by Crippen LogP contribution is 2.22. The summed E-state index contributed by atoms with van der Waals surface area (Å²) in [6.45, 7) is 6.69. The first-order chi connectivity index (χ1) is 8.19. The summed E-state index contributed by atoms with van der Waals surface area (Å²) in [5.74, 6) is -0.370. The van der Waals surface area contributed by atoms with Gasteiger partial charge in [-0.25, -0.2) is 4.79 Å². The fraction of sp³-hybridized carbons (Fsp3) is 0.833. The highest BCUT2D eigenvalue weighted by Gasteiger charge is 2.38. The maximum Gasteiger partial charge on any atom is 0.408 e. The molecule has 0 aliphatic heterocycles. The smallest absolute Gasteiger partial charge is 0.408 e. The number of esters is 1. The minimum absolute atomic E-state index is 0.220. The van der Waals surface area contributed by atoms with Gasteiger partial charge in [-0.15, -0.1) is 0 Å². The molecule has 1 amide bonds. The van der Waals surface area contributed by atoms with Crippen molar-refractivity contribution in [2.24, 2.45) is 5.73 Å². The Bertz CT molecular complexity index is 325. The molecule has 3 N–H and O–H groups in total. The lowest BCUT2D eigenvalue weighted by atomic mass is 10.1. The minimum Gasteiger partial charge on any atom is -0.460 e. The number of carbonyl (C=O) groups is 2. The summed E-state index contributed by atoms with van der Waals surface area (Å²) in [7, 11) is 0. The van der Waals surface area contributed by atoms with Crippen molar-refractivity contribution in [1.29, 1.82) is 0 Å². The number of hydrogen-bond acceptors (Lipinski definition) is 5. The van der Waals surface area contributed by atoms with Crippen molar-refractivity contribution in [2.75, 3.05) is 0 Å². The van der Waals surface area contributed by atoms with Crippen LogP contribution in [0, 0.1) is 0 Å². The minimum atomic E-state index is -0.566. The Kier molecular flexibility index (Phi) is 4.56. The number of alkyl carbamates (subject to hydrolysis) is 1. The second-order valence-corrected chi connectivity index (χ2v) is 5.56. The Morgan fingerprint density at radius 3 is 2.39 bits per heavy atom. The lowest BCUT2D eigenvalue weighted by Gasteiger charge is -2.26. The van der Waals surface area contributed by atoms with E-state index in [2.05, 4.69) is 5.32 Å². The average molecular weight is 258 g/mol. The molecule has 0 aromatic rings. The molecule has 3 atom stereocenters. The van der Waals surface area contributed by atoms with Gasteiger partial charge < -0.3 is 20.5 Å². The summed E-state index contributed by atoms with van der Waals surface area (Å²) >= 11 is 0. The van der Waals surface area contributed by atoms with E-state index in [4.69, 9.17) is 15.2 Å². The van der Waals surface area contributed by atoms with Gasteiger partial charge in [-0.05, 0) is 33.6 Å². The Morgan fingerprint density at radius 1 is 1.28 bits per heavy atom. The zero-order chi connectivity index (χ0) is 13.9. The molecular formula is C12H22N2O4. The van der Waals surface area contributed by atoms with Crippen LogP contribution in [-0.4, -0.2) is 35.9 Å². The van der Waals surface area contributed by atoms with E-state index >= 15 is 0 Å². The molecular weight excluding hydrogens is 236 g/mol. The third-order valence-electron chi connectivity index (χ3n) is 2.65. The molecule has 104 valence electrons. The molecule has 0 aromatic heterocycles. The van der Waals surface area contributed by atoms with E-state index in [-0.39, 0.29) is 24.2 Å². The number of carbonyl (C=O) groups excluding carboxylic acids is 2. The quantitative estimate of drug-likeness (QED) is 0.719. The van der Waals surface area contributed by atoms with Crippen molar-refractivity contribution in [3.63, 3.8) is 0 Å². The van der Waals surface area contributed by atoms with Gasteiger partial charge in [0, 0.05) is 13.0 Å². The number of rotatable bonds is 2. The fourth-order valence-electron chi connectivity index (χ4n) is 1.98. The Morgan fingerprint density at radius 2 is 1.89 bits per heavy atom. The first-order valence-corrected chi connectivity index (χ1v) is 6.11. The van der Waals surface area contributed by atoms with Crippen molar-refractivity contribution in [2.45, 2.75) is 64.3 Å². The van der Waals surface area contributed by atoms with Crippen LogP contribution in [0.3, 0.4) is 0 Å². The van der Waals surface area contributed by atoms with Gasteiger partial charge in [-0.3, -0.25) is 4.79 Å². The van der Waals surface area contributed by atoms with E-state index in [1.54, 1.807) is 20.8 Å². The third kappa shape index (κ3) is 4.52. The summed E-state index contributed by atoms with van der Waals surface area (Å²) < 4.78 is 10.3. The topological polar surface area (TPSA) is 90.6 Å². The van der Waals surface area contributed by atoms with Crippen LogP contribution in [0.1, 0.15) is 40.5 Å². The third-order valence-corrected chi connectivity index (χ3v) is 2.65. The van der Waals surface area contributed by atoms with Crippen LogP contribution in [-0.2, 0) is 14.3 Å². The van der Waals surface area contributed by atoms with E-state index in [9.17, 15) is 9.59 Å². The van der Waals surface area contributed by atoms with Gasteiger partial charge in [0.2, 0.25) is 0 Å². The van der Waals surface area contributed by atoms with E-state index < -0.39 is 11.7 Å². The first-order valence-electron chi connectivity index (χ1n) is 6.11. The average Bonchev–Trinajstić information content (AvgIpc) is 2.46. The van der Waals surface area contributed by atoms with Crippen molar-refractivity contribution in [1.82, 2.24) is 5.32 Å². The summed E-state index contributed by atoms with van der Waals surface area (Å²) in [5, 5.41) is 2.68. The van der Waals surface area contributed by atoms with E-state index in [0.717, 1.165) is 0 Å². The second kappa shape index (κ2) is 5.56. The van der Waals surface area contributed by atoms with Gasteiger partial charge in [0.15, 0.2) is 0 Å². The molecule has 0 bridgehead atoms. The van der Waals surface area contributed by atoms with E-state index in [1.165, 1.54) is 6.92 Å². The Labute approximate surface area is 107 Å². The molecule has 0 aromatic carbocycles. The predicted molar refractivity (Wildman–Crippen MR) is 65.9 cm³/mol. The maximum atomic E-state index is 11.7. The lowest BCUT2D eigenvalue weighted by molar-refractivity contribution is -0.147. The molecule has 1 aliphatic rings. The molecule has 1 rings (SSSR count). The van der Waals surface area contributed by atoms with Crippen LogP contribution in [0.15, 0.2) is 0 Å². The van der Waals surface area contributed by atoms with Gasteiger partial charge in [0.1, 0.15) is 11.7 Å². The van der Waals surface area contributed by atoms with Gasteiger partial charge in [-0.1, -0.05) is 0 Å². The number of hydrogen-bond donors (Lipinski definition) is 2. The van der Waals surface area contributed by atoms with E-state index in [1.807, 2.05) is 0 Å². The van der Waals surface area contributed by atoms with Gasteiger partial charge in [-0.2, -0.15) is 0 Å². The standard InChI is InChI=1S/C12H22N2O4/c1-7(15)17-9-6-5-8(13)10(9)14-11(16)18-12(2,3)4/h8-10H,5-6,13H2,1-4H3,(H,14,16)/t8-,9-,10-/m1/s1. The normalized spacial score (nSPS) is 27.7. The molecule has 1 fully saturated rings. The SMILES string of the molecule is CC(=O)O[C@@H]1CC[C@@H](N)[C@H]1NC(=O)OC(C)(C)C. The monoisotopic (exact) mass is 258 g/mol. The molecule has 0 unspecified atom stereocenters. The summed E-state index contributed by atoms with van der Waals surface area (Å²) in [6, 6.07) is -0.606. The van der Waals surface area contributed by atoms with Crippen LogP contribution >= 0.6 is 0 Å². The van der Waals surface area contributed by atoms with Crippen LogP contribution in [0.5, 0.6) is 0 Å². The zero-order valence-electron chi connectivity index (χ0n) is 11.4. The van der Waals surface area contributed by atoms with Crippen molar-refractivity contribution >= 4 is 12.1 Å². The molecule has 1 aliphatic carbocycles. The first kappa shape index (κ1) is 14.8. The number of amides is 1. The largest absolute Gasteiger partial charge is 0.460 e. The molecule has 1 saturated carbocycles. The van der Waals surface area contributed by atoms with Gasteiger partial charge in [0.05, 0.1) is 6.04 Å². The summed E-state index contributed by atoms with van der Waals surface area (Å²) in [6.07, 6.45) is 0.451. The van der Waals surface area contributed by atoms with Crippen LogP contribution in [0.25, 0.3) is 0 Å². The van der Waals surface area contributed by atoms with Gasteiger partial charge >= 0.3 is 12.1 Å². The second-order valence-electron chi connectivity index (χ2n) is 5.56. The highest BCUT2D eigenvalue weighted by molar-refractivity contribution is 5.69. The predicted octanol–water partition coefficient (Wildman–Crippen LogP) is 0.932. The number of nitrogens with one attached hydrogen (secondary N) is 1. The molecule has 6 nitrogen and oxygen atoms in total. The zero-order valence-corrected chi connectivity index (χ0v) is 11.4. The van der Waals surface area contributed by atoms with Crippen molar-refractivity contribution in [3.05, 3.63) is 0 Å². The van der Waals surface area contributed by atoms with Crippen LogP contribution < -0.4 is 11.1 Å². The van der Waals surface area contributed by atoms with Crippen molar-refractivity contribution < 1.29 is 19.1 Å². The Hall–Kier alpha value is -1.30. The molecule has 0 radical (unpaired) electrons. The number of ether oxygens (including phenoxy) is 2. The lowest BCUT2D eigenvalue weighted by Crippen LogP contribution is -2.51. The molecule has 18 heavy (non-hydrogen) atoms. The van der Waals surface area contributed by atoms with Crippen molar-refractivity contribution in [3.8, 4) is 0 Å². The molecule has 0 heterocycles. The number of nitrogens with two attached hydrogens (primary N) is 1. The summed E-state index contributed by atoms with van der Waals surface area (Å²) in [4.78, 5) is 22.6. The van der Waals surface area contributed by atoms with Crippen LogP contribution in [0.4, 0.5) is 4.79 Å². The Balaban J connectivity index is 2.57. The van der Waals surface area contributed by atoms with Crippen LogP contribution in [0.2, 0.25) is 0 Å².